The quantitative estimate of drug-likeness (QED) is 0.162. The lowest BCUT2D eigenvalue weighted by atomic mass is 9.94. The molecule has 0 saturated heterocycles. The number of allylic oxidation sites excluding steroid dienone is 7. The number of benzene rings is 5. The number of aromatic nitrogens is 3. The van der Waals surface area contributed by atoms with Crippen LogP contribution >= 0.6 is 0 Å². The molecule has 0 N–H and O–H groups in total. The van der Waals surface area contributed by atoms with Gasteiger partial charge < -0.3 is 0 Å². The molecule has 0 aliphatic heterocycles. The Bertz CT molecular complexity index is 2530. The smallest absolute Gasteiger partial charge is 0.160 e. The lowest BCUT2D eigenvalue weighted by Crippen LogP contribution is -1.98. The molecule has 0 amide bonds. The molecular formula is C49H37N3. The SMILES string of the molecule is C=Cc1cccc(-c2ccc(-c3cc(C4=CCC=C(c5cccnc5)C=C4)nc(-c4ccc(-c5cccc6ccccc56)cc4)n3)cc2)c1/C=C\C. The number of hydrogen-bond acceptors (Lipinski definition) is 3. The van der Waals surface area contributed by atoms with Gasteiger partial charge in [-0.1, -0.05) is 164 Å². The van der Waals surface area contributed by atoms with Crippen LogP contribution < -0.4 is 0 Å². The molecule has 248 valence electrons. The minimum atomic E-state index is 0.689. The Labute approximate surface area is 305 Å². The summed E-state index contributed by atoms with van der Waals surface area (Å²) in [5.74, 6) is 0.689. The van der Waals surface area contributed by atoms with Crippen LogP contribution in [0.3, 0.4) is 0 Å². The average Bonchev–Trinajstić information content (AvgIpc) is 3.48. The number of pyridine rings is 1. The van der Waals surface area contributed by atoms with Gasteiger partial charge in [-0.05, 0) is 86.3 Å². The second kappa shape index (κ2) is 14.6. The van der Waals surface area contributed by atoms with E-state index in [-0.39, 0.29) is 0 Å². The van der Waals surface area contributed by atoms with Gasteiger partial charge in [0.25, 0.3) is 0 Å². The van der Waals surface area contributed by atoms with E-state index < -0.39 is 0 Å². The average molecular weight is 668 g/mol. The monoisotopic (exact) mass is 667 g/mol. The summed E-state index contributed by atoms with van der Waals surface area (Å²) < 4.78 is 0. The van der Waals surface area contributed by atoms with Crippen LogP contribution in [0.1, 0.15) is 35.7 Å². The van der Waals surface area contributed by atoms with E-state index in [0.717, 1.165) is 67.9 Å². The van der Waals surface area contributed by atoms with E-state index in [4.69, 9.17) is 9.97 Å². The van der Waals surface area contributed by atoms with Gasteiger partial charge in [-0.25, -0.2) is 9.97 Å². The summed E-state index contributed by atoms with van der Waals surface area (Å²) in [6, 6.07) is 44.8. The molecule has 0 unspecified atom stereocenters. The molecule has 0 spiro atoms. The molecule has 3 nitrogen and oxygen atoms in total. The van der Waals surface area contributed by atoms with Crippen LogP contribution in [-0.2, 0) is 0 Å². The van der Waals surface area contributed by atoms with E-state index in [1.165, 1.54) is 21.9 Å². The summed E-state index contributed by atoms with van der Waals surface area (Å²) in [6.45, 7) is 6.08. The number of hydrogen-bond donors (Lipinski definition) is 0. The van der Waals surface area contributed by atoms with Gasteiger partial charge in [0.15, 0.2) is 5.82 Å². The third-order valence-electron chi connectivity index (χ3n) is 9.56. The molecule has 2 aromatic heterocycles. The van der Waals surface area contributed by atoms with Crippen LogP contribution in [-0.4, -0.2) is 15.0 Å². The van der Waals surface area contributed by atoms with Crippen molar-refractivity contribution >= 4 is 34.1 Å². The van der Waals surface area contributed by atoms with Crippen molar-refractivity contribution in [2.24, 2.45) is 0 Å². The van der Waals surface area contributed by atoms with Crippen molar-refractivity contribution in [2.75, 3.05) is 0 Å². The molecule has 0 saturated carbocycles. The molecule has 0 radical (unpaired) electrons. The summed E-state index contributed by atoms with van der Waals surface area (Å²) in [5.41, 5.74) is 14.0. The lowest BCUT2D eigenvalue weighted by Gasteiger charge is -2.13. The normalized spacial score (nSPS) is 12.8. The van der Waals surface area contributed by atoms with Gasteiger partial charge in [-0.15, -0.1) is 0 Å². The zero-order chi connectivity index (χ0) is 35.3. The van der Waals surface area contributed by atoms with Crippen molar-refractivity contribution in [2.45, 2.75) is 13.3 Å². The van der Waals surface area contributed by atoms with Crippen LogP contribution in [0.4, 0.5) is 0 Å². The third-order valence-corrected chi connectivity index (χ3v) is 9.56. The highest BCUT2D eigenvalue weighted by Gasteiger charge is 2.14. The molecular weight excluding hydrogens is 631 g/mol. The zero-order valence-electron chi connectivity index (χ0n) is 29.1. The first-order chi connectivity index (χ1) is 25.7. The summed E-state index contributed by atoms with van der Waals surface area (Å²) >= 11 is 0. The van der Waals surface area contributed by atoms with E-state index in [2.05, 4.69) is 169 Å². The molecule has 0 atom stereocenters. The fraction of sp³-hybridized carbons (Fsp3) is 0.0408. The van der Waals surface area contributed by atoms with Gasteiger partial charge >= 0.3 is 0 Å². The molecule has 8 rings (SSSR count). The molecule has 1 aliphatic rings. The van der Waals surface area contributed by atoms with Gasteiger partial charge in [0.1, 0.15) is 0 Å². The van der Waals surface area contributed by atoms with Crippen molar-refractivity contribution in [3.05, 3.63) is 199 Å². The third kappa shape index (κ3) is 6.60. The Hall–Kier alpha value is -6.71. The van der Waals surface area contributed by atoms with Gasteiger partial charge in [0, 0.05) is 23.5 Å². The highest BCUT2D eigenvalue weighted by Crippen LogP contribution is 2.34. The van der Waals surface area contributed by atoms with E-state index in [1.54, 1.807) is 6.20 Å². The number of nitrogens with zero attached hydrogens (tertiary/aromatic N) is 3. The molecule has 2 heterocycles. The zero-order valence-corrected chi connectivity index (χ0v) is 29.1. The second-order valence-electron chi connectivity index (χ2n) is 12.8. The van der Waals surface area contributed by atoms with Crippen molar-refractivity contribution in [1.82, 2.24) is 15.0 Å². The number of fused-ring (bicyclic) bond motifs is 1. The van der Waals surface area contributed by atoms with Crippen molar-refractivity contribution in [1.29, 1.82) is 0 Å². The molecule has 1 aliphatic carbocycles. The molecule has 5 aromatic carbocycles. The summed E-state index contributed by atoms with van der Waals surface area (Å²) in [7, 11) is 0. The summed E-state index contributed by atoms with van der Waals surface area (Å²) in [5, 5.41) is 2.47. The maximum atomic E-state index is 5.18. The highest BCUT2D eigenvalue weighted by atomic mass is 14.9. The van der Waals surface area contributed by atoms with E-state index in [1.807, 2.05) is 25.3 Å². The van der Waals surface area contributed by atoms with Gasteiger partial charge in [-0.2, -0.15) is 0 Å². The van der Waals surface area contributed by atoms with Crippen LogP contribution in [0.5, 0.6) is 0 Å². The maximum Gasteiger partial charge on any atom is 0.160 e. The lowest BCUT2D eigenvalue weighted by molar-refractivity contribution is 1.15. The van der Waals surface area contributed by atoms with Gasteiger partial charge in [0.05, 0.1) is 11.4 Å². The van der Waals surface area contributed by atoms with E-state index >= 15 is 0 Å². The summed E-state index contributed by atoms with van der Waals surface area (Å²) in [6.07, 6.45) is 19.4. The van der Waals surface area contributed by atoms with Crippen molar-refractivity contribution < 1.29 is 0 Å². The standard InChI is InChI=1S/C49H37N3/c1-3-11-43-34(4-2)13-8-19-45(43)37-22-27-40(28-23-37)48-32-47(39-16-7-14-35(21-26-39)42-17-10-31-50-33-42)51-49(52-48)41-29-24-38(25-30-41)46-20-9-15-36-12-5-6-18-44(36)46/h3-6,8-33H,2,7H2,1H3/b11-3-. The van der Waals surface area contributed by atoms with E-state index in [9.17, 15) is 0 Å². The molecule has 7 aromatic rings. The van der Waals surface area contributed by atoms with Crippen LogP contribution in [0.25, 0.3) is 79.0 Å². The number of rotatable bonds is 8. The molecule has 52 heavy (non-hydrogen) atoms. The van der Waals surface area contributed by atoms with Crippen molar-refractivity contribution in [3.63, 3.8) is 0 Å². The largest absolute Gasteiger partial charge is 0.264 e. The Balaban J connectivity index is 1.19. The van der Waals surface area contributed by atoms with Crippen LogP contribution in [0.15, 0.2) is 177 Å². The van der Waals surface area contributed by atoms with Gasteiger partial charge in [0.2, 0.25) is 0 Å². The topological polar surface area (TPSA) is 38.7 Å². The Morgan fingerprint density at radius 1 is 0.596 bits per heavy atom. The van der Waals surface area contributed by atoms with E-state index in [0.29, 0.717) is 5.82 Å². The molecule has 3 heteroatoms. The Morgan fingerprint density at radius 3 is 2.06 bits per heavy atom. The Kier molecular flexibility index (Phi) is 9.15. The first kappa shape index (κ1) is 32.5. The van der Waals surface area contributed by atoms with Crippen LogP contribution in [0, 0.1) is 0 Å². The fourth-order valence-corrected chi connectivity index (χ4v) is 6.90. The first-order valence-electron chi connectivity index (χ1n) is 17.6. The second-order valence-corrected chi connectivity index (χ2v) is 12.8. The fourth-order valence-electron chi connectivity index (χ4n) is 6.90. The van der Waals surface area contributed by atoms with Crippen molar-refractivity contribution in [3.8, 4) is 44.9 Å². The minimum Gasteiger partial charge on any atom is -0.264 e. The molecule has 0 bridgehead atoms. The maximum absolute atomic E-state index is 5.18. The molecule has 0 fully saturated rings. The highest BCUT2D eigenvalue weighted by molar-refractivity contribution is 5.97. The Morgan fingerprint density at radius 2 is 1.27 bits per heavy atom. The predicted molar refractivity (Wildman–Crippen MR) is 220 cm³/mol. The first-order valence-corrected chi connectivity index (χ1v) is 17.6. The van der Waals surface area contributed by atoms with Crippen LogP contribution in [0.2, 0.25) is 0 Å². The minimum absolute atomic E-state index is 0.689. The van der Waals surface area contributed by atoms with Gasteiger partial charge in [-0.3, -0.25) is 4.98 Å². The summed E-state index contributed by atoms with van der Waals surface area (Å²) in [4.78, 5) is 14.7. The predicted octanol–water partition coefficient (Wildman–Crippen LogP) is 12.8.